The third-order valence-corrected chi connectivity index (χ3v) is 5.11. The molecule has 1 aliphatic heterocycles. The molecule has 1 atom stereocenters. The van der Waals surface area contributed by atoms with Crippen LogP contribution in [0.25, 0.3) is 0 Å². The molecule has 116 valence electrons. The molecular formula is C17H16N4OS. The van der Waals surface area contributed by atoms with Crippen LogP contribution in [0.3, 0.4) is 0 Å². The molecule has 0 fully saturated rings. The van der Waals surface area contributed by atoms with Crippen LogP contribution < -0.4 is 5.32 Å². The summed E-state index contributed by atoms with van der Waals surface area (Å²) in [4.78, 5) is 17.3. The summed E-state index contributed by atoms with van der Waals surface area (Å²) in [6.07, 6.45) is 2.30. The molecule has 3 aromatic rings. The van der Waals surface area contributed by atoms with Gasteiger partial charge in [0, 0.05) is 34.7 Å². The van der Waals surface area contributed by atoms with E-state index in [1.54, 1.807) is 11.3 Å². The predicted octanol–water partition coefficient (Wildman–Crippen LogP) is 3.17. The predicted molar refractivity (Wildman–Crippen MR) is 89.7 cm³/mol. The van der Waals surface area contributed by atoms with Gasteiger partial charge in [-0.15, -0.1) is 11.3 Å². The molecule has 0 saturated carbocycles. The Labute approximate surface area is 138 Å². The highest BCUT2D eigenvalue weighted by Gasteiger charge is 2.32. The lowest BCUT2D eigenvalue weighted by Crippen LogP contribution is -2.23. The maximum atomic E-state index is 12.0. The molecular weight excluding hydrogens is 308 g/mol. The summed E-state index contributed by atoms with van der Waals surface area (Å²) in [7, 11) is 0. The van der Waals surface area contributed by atoms with Crippen LogP contribution >= 0.6 is 11.3 Å². The molecule has 0 bridgehead atoms. The molecule has 1 unspecified atom stereocenters. The fourth-order valence-corrected chi connectivity index (χ4v) is 3.82. The summed E-state index contributed by atoms with van der Waals surface area (Å²) in [6, 6.07) is 10.2. The van der Waals surface area contributed by atoms with Gasteiger partial charge in [-0.3, -0.25) is 14.5 Å². The number of fused-ring (bicyclic) bond motifs is 1. The highest BCUT2D eigenvalue weighted by molar-refractivity contribution is 7.09. The lowest BCUT2D eigenvalue weighted by Gasteiger charge is -2.21. The molecule has 1 amide bonds. The van der Waals surface area contributed by atoms with E-state index in [4.69, 9.17) is 0 Å². The molecule has 5 nitrogen and oxygen atoms in total. The van der Waals surface area contributed by atoms with Gasteiger partial charge in [-0.2, -0.15) is 5.10 Å². The number of aromatic nitrogens is 3. The standard InChI is InChI=1S/C17H16N4OS/c1-11-16-13(14-8-18-10-23-14)7-15(22)19-17(16)20-21(11)9-12-5-3-2-4-6-12/h2-6,8,10,13H,7,9H2,1H3,(H,19,20,22). The number of nitrogens with zero attached hydrogens (tertiary/aromatic N) is 3. The first-order valence-corrected chi connectivity index (χ1v) is 8.40. The Morgan fingerprint density at radius 2 is 2.17 bits per heavy atom. The lowest BCUT2D eigenvalue weighted by atomic mass is 9.91. The number of thiazole rings is 1. The van der Waals surface area contributed by atoms with Gasteiger partial charge in [0.05, 0.1) is 12.1 Å². The summed E-state index contributed by atoms with van der Waals surface area (Å²) < 4.78 is 1.97. The molecule has 1 N–H and O–H groups in total. The fraction of sp³-hybridized carbons (Fsp3) is 0.235. The third kappa shape index (κ3) is 2.55. The van der Waals surface area contributed by atoms with Gasteiger partial charge in [0.1, 0.15) is 0 Å². The van der Waals surface area contributed by atoms with Gasteiger partial charge in [-0.1, -0.05) is 30.3 Å². The van der Waals surface area contributed by atoms with Gasteiger partial charge in [0.25, 0.3) is 0 Å². The maximum absolute atomic E-state index is 12.0. The summed E-state index contributed by atoms with van der Waals surface area (Å²) in [5.74, 6) is 0.754. The van der Waals surface area contributed by atoms with Crippen LogP contribution in [-0.4, -0.2) is 20.7 Å². The van der Waals surface area contributed by atoms with Crippen molar-refractivity contribution in [1.82, 2.24) is 14.8 Å². The lowest BCUT2D eigenvalue weighted by molar-refractivity contribution is -0.116. The number of amides is 1. The highest BCUT2D eigenvalue weighted by atomic mass is 32.1. The van der Waals surface area contributed by atoms with E-state index in [2.05, 4.69) is 34.5 Å². The van der Waals surface area contributed by atoms with Crippen molar-refractivity contribution in [1.29, 1.82) is 0 Å². The SMILES string of the molecule is Cc1c2c(nn1Cc1ccccc1)NC(=O)CC2c1cncs1. The zero-order chi connectivity index (χ0) is 15.8. The van der Waals surface area contributed by atoms with Crippen molar-refractivity contribution in [3.8, 4) is 0 Å². The first-order chi connectivity index (χ1) is 11.2. The number of carbonyl (C=O) groups is 1. The van der Waals surface area contributed by atoms with E-state index < -0.39 is 0 Å². The topological polar surface area (TPSA) is 59.8 Å². The van der Waals surface area contributed by atoms with Gasteiger partial charge in [-0.25, -0.2) is 0 Å². The molecule has 0 spiro atoms. The average molecular weight is 324 g/mol. The van der Waals surface area contributed by atoms with Crippen LogP contribution in [0.15, 0.2) is 42.0 Å². The first kappa shape index (κ1) is 14.1. The highest BCUT2D eigenvalue weighted by Crippen LogP contribution is 2.40. The monoisotopic (exact) mass is 324 g/mol. The van der Waals surface area contributed by atoms with Crippen LogP contribution in [0.5, 0.6) is 0 Å². The molecule has 0 radical (unpaired) electrons. The smallest absolute Gasteiger partial charge is 0.226 e. The summed E-state index contributed by atoms with van der Waals surface area (Å²) in [6.45, 7) is 2.77. The number of anilines is 1. The average Bonchev–Trinajstić information content (AvgIpc) is 3.17. The van der Waals surface area contributed by atoms with Crippen molar-refractivity contribution in [3.63, 3.8) is 0 Å². The van der Waals surface area contributed by atoms with Crippen LogP contribution in [-0.2, 0) is 11.3 Å². The Bertz CT molecular complexity index is 839. The van der Waals surface area contributed by atoms with Gasteiger partial charge in [0.15, 0.2) is 5.82 Å². The van der Waals surface area contributed by atoms with Crippen molar-refractivity contribution < 1.29 is 4.79 Å². The second kappa shape index (κ2) is 5.62. The zero-order valence-corrected chi connectivity index (χ0v) is 13.5. The Balaban J connectivity index is 1.75. The number of benzene rings is 1. The molecule has 3 heterocycles. The number of hydrogen-bond acceptors (Lipinski definition) is 4. The summed E-state index contributed by atoms with van der Waals surface area (Å²) >= 11 is 1.59. The second-order valence-electron chi connectivity index (χ2n) is 5.70. The molecule has 1 aromatic carbocycles. The Hall–Kier alpha value is -2.47. The van der Waals surface area contributed by atoms with Crippen LogP contribution in [0.2, 0.25) is 0 Å². The Kier molecular flexibility index (Phi) is 3.46. The van der Waals surface area contributed by atoms with Crippen molar-refractivity contribution in [2.75, 3.05) is 5.32 Å². The molecule has 0 saturated heterocycles. The molecule has 4 rings (SSSR count). The van der Waals surface area contributed by atoms with E-state index in [1.807, 2.05) is 34.6 Å². The van der Waals surface area contributed by atoms with E-state index in [9.17, 15) is 4.79 Å². The van der Waals surface area contributed by atoms with Crippen molar-refractivity contribution >= 4 is 23.1 Å². The minimum absolute atomic E-state index is 0.0141. The number of carbonyl (C=O) groups excluding carboxylic acids is 1. The molecule has 23 heavy (non-hydrogen) atoms. The molecule has 1 aliphatic rings. The Morgan fingerprint density at radius 1 is 1.35 bits per heavy atom. The van der Waals surface area contributed by atoms with E-state index in [0.717, 1.165) is 16.1 Å². The summed E-state index contributed by atoms with van der Waals surface area (Å²) in [5.41, 5.74) is 5.22. The van der Waals surface area contributed by atoms with Crippen molar-refractivity contribution in [2.45, 2.75) is 25.8 Å². The van der Waals surface area contributed by atoms with Gasteiger partial charge >= 0.3 is 0 Å². The van der Waals surface area contributed by atoms with Crippen molar-refractivity contribution in [3.05, 3.63) is 63.7 Å². The third-order valence-electron chi connectivity index (χ3n) is 4.22. The van der Waals surface area contributed by atoms with Crippen molar-refractivity contribution in [2.24, 2.45) is 0 Å². The van der Waals surface area contributed by atoms with E-state index in [0.29, 0.717) is 18.8 Å². The van der Waals surface area contributed by atoms with E-state index >= 15 is 0 Å². The molecule has 0 aliphatic carbocycles. The first-order valence-electron chi connectivity index (χ1n) is 7.52. The zero-order valence-electron chi connectivity index (χ0n) is 12.7. The van der Waals surface area contributed by atoms with Gasteiger partial charge in [-0.05, 0) is 12.5 Å². The number of rotatable bonds is 3. The van der Waals surface area contributed by atoms with E-state index in [-0.39, 0.29) is 11.8 Å². The maximum Gasteiger partial charge on any atom is 0.226 e. The van der Waals surface area contributed by atoms with Crippen LogP contribution in [0, 0.1) is 6.92 Å². The minimum atomic E-state index is 0.0141. The molecule has 6 heteroatoms. The van der Waals surface area contributed by atoms with Crippen LogP contribution in [0.4, 0.5) is 5.82 Å². The van der Waals surface area contributed by atoms with Gasteiger partial charge in [0.2, 0.25) is 5.91 Å². The number of nitrogens with one attached hydrogen (secondary N) is 1. The Morgan fingerprint density at radius 3 is 2.91 bits per heavy atom. The second-order valence-corrected chi connectivity index (χ2v) is 6.62. The van der Waals surface area contributed by atoms with Crippen LogP contribution in [0.1, 0.15) is 34.0 Å². The normalized spacial score (nSPS) is 16.9. The largest absolute Gasteiger partial charge is 0.309 e. The number of hydrogen-bond donors (Lipinski definition) is 1. The molecule has 2 aromatic heterocycles. The summed E-state index contributed by atoms with van der Waals surface area (Å²) in [5, 5.41) is 7.54. The quantitative estimate of drug-likeness (QED) is 0.805. The van der Waals surface area contributed by atoms with Gasteiger partial charge < -0.3 is 5.32 Å². The van der Waals surface area contributed by atoms with E-state index in [1.165, 1.54) is 5.56 Å². The minimum Gasteiger partial charge on any atom is -0.309 e. The fourth-order valence-electron chi connectivity index (χ4n) is 3.09.